The van der Waals surface area contributed by atoms with Crippen molar-refractivity contribution < 1.29 is 14.3 Å². The van der Waals surface area contributed by atoms with Gasteiger partial charge in [0.05, 0.1) is 5.60 Å². The fraction of sp³-hybridized carbons (Fsp3) is 0.615. The van der Waals surface area contributed by atoms with Gasteiger partial charge in [0, 0.05) is 32.9 Å². The van der Waals surface area contributed by atoms with E-state index in [0.717, 1.165) is 0 Å². The Hall–Kier alpha value is -2.09. The van der Waals surface area contributed by atoms with Gasteiger partial charge in [-0.1, -0.05) is 0 Å². The molecule has 1 aromatic rings. The molecule has 2 aliphatic rings. The maximum Gasteiger partial charge on any atom is 0.323 e. The van der Waals surface area contributed by atoms with Gasteiger partial charge in [-0.3, -0.25) is 9.59 Å². The van der Waals surface area contributed by atoms with E-state index in [-0.39, 0.29) is 35.4 Å². The zero-order chi connectivity index (χ0) is 15.0. The number of likely N-dealkylation sites (N-methyl/N-ethyl adjacent to an activating group) is 1. The third-order valence-electron chi connectivity index (χ3n) is 4.24. The average Bonchev–Trinajstić information content (AvgIpc) is 2.90. The van der Waals surface area contributed by atoms with Crippen molar-refractivity contribution in [2.24, 2.45) is 0 Å². The van der Waals surface area contributed by atoms with Crippen LogP contribution >= 0.6 is 0 Å². The number of morpholine rings is 1. The lowest BCUT2D eigenvalue weighted by Gasteiger charge is -2.46. The Morgan fingerprint density at radius 2 is 2.05 bits per heavy atom. The highest BCUT2D eigenvalue weighted by Crippen LogP contribution is 2.30. The fourth-order valence-corrected chi connectivity index (χ4v) is 2.93. The molecule has 2 fully saturated rings. The van der Waals surface area contributed by atoms with Crippen LogP contribution < -0.4 is 5.69 Å². The number of aromatic amines is 2. The molecule has 3 rings (SSSR count). The second-order valence-corrected chi connectivity index (χ2v) is 5.67. The Morgan fingerprint density at radius 1 is 1.33 bits per heavy atom. The third kappa shape index (κ3) is 2.58. The Morgan fingerprint density at radius 3 is 2.62 bits per heavy atom. The minimum absolute atomic E-state index is 0.0102. The first kappa shape index (κ1) is 13.9. The number of imidazole rings is 1. The van der Waals surface area contributed by atoms with Crippen molar-refractivity contribution >= 4 is 11.8 Å². The van der Waals surface area contributed by atoms with E-state index in [1.54, 1.807) is 16.8 Å². The average molecular weight is 294 g/mol. The van der Waals surface area contributed by atoms with E-state index in [9.17, 15) is 14.4 Å². The van der Waals surface area contributed by atoms with Crippen molar-refractivity contribution in [3.63, 3.8) is 0 Å². The van der Waals surface area contributed by atoms with Crippen LogP contribution in [0.2, 0.25) is 0 Å². The van der Waals surface area contributed by atoms with Crippen molar-refractivity contribution in [1.82, 2.24) is 19.8 Å². The topological polar surface area (TPSA) is 98.5 Å². The maximum absolute atomic E-state index is 12.2. The van der Waals surface area contributed by atoms with Gasteiger partial charge < -0.3 is 24.5 Å². The third-order valence-corrected chi connectivity index (χ3v) is 4.24. The van der Waals surface area contributed by atoms with Crippen LogP contribution in [0.5, 0.6) is 0 Å². The van der Waals surface area contributed by atoms with E-state index in [0.29, 0.717) is 32.5 Å². The Labute approximate surface area is 121 Å². The van der Waals surface area contributed by atoms with Crippen LogP contribution in [-0.4, -0.2) is 70.5 Å². The van der Waals surface area contributed by atoms with Crippen molar-refractivity contribution in [2.45, 2.75) is 18.4 Å². The number of nitrogens with zero attached hydrogens (tertiary/aromatic N) is 2. The first-order valence-electron chi connectivity index (χ1n) is 6.94. The van der Waals surface area contributed by atoms with Crippen molar-refractivity contribution in [1.29, 1.82) is 0 Å². The van der Waals surface area contributed by atoms with Crippen LogP contribution in [0.4, 0.5) is 0 Å². The molecule has 0 radical (unpaired) electrons. The molecule has 114 valence electrons. The standard InChI is InChI=1S/C13H18N4O4/c1-16-8-13(21-7-10(16)18)2-4-17(5-3-13)11(19)9-6-14-12(20)15-9/h6H,2-5,7-8H2,1H3,(H2,14,15,20). The first-order chi connectivity index (χ1) is 9.99. The van der Waals surface area contributed by atoms with Gasteiger partial charge in [-0.2, -0.15) is 0 Å². The monoisotopic (exact) mass is 294 g/mol. The normalized spacial score (nSPS) is 21.9. The zero-order valence-electron chi connectivity index (χ0n) is 11.8. The summed E-state index contributed by atoms with van der Waals surface area (Å²) in [6, 6.07) is 0. The molecule has 0 saturated carbocycles. The minimum Gasteiger partial charge on any atom is -0.363 e. The summed E-state index contributed by atoms with van der Waals surface area (Å²) in [7, 11) is 1.77. The van der Waals surface area contributed by atoms with E-state index in [1.807, 2.05) is 0 Å². The van der Waals surface area contributed by atoms with Gasteiger partial charge >= 0.3 is 5.69 Å². The second kappa shape index (κ2) is 5.03. The van der Waals surface area contributed by atoms with Gasteiger partial charge in [0.1, 0.15) is 12.3 Å². The molecule has 21 heavy (non-hydrogen) atoms. The molecule has 2 saturated heterocycles. The molecule has 0 unspecified atom stereocenters. The summed E-state index contributed by atoms with van der Waals surface area (Å²) in [5, 5.41) is 0. The Balaban J connectivity index is 1.64. The summed E-state index contributed by atoms with van der Waals surface area (Å²) in [5.74, 6) is -0.201. The fourth-order valence-electron chi connectivity index (χ4n) is 2.93. The predicted molar refractivity (Wildman–Crippen MR) is 72.9 cm³/mol. The number of carbonyl (C=O) groups excluding carboxylic acids is 2. The van der Waals surface area contributed by atoms with E-state index in [2.05, 4.69) is 9.97 Å². The molecular weight excluding hydrogens is 276 g/mol. The van der Waals surface area contributed by atoms with Crippen LogP contribution in [0, 0.1) is 0 Å². The molecular formula is C13H18N4O4. The number of nitrogens with one attached hydrogen (secondary N) is 2. The Bertz CT molecular complexity index is 612. The van der Waals surface area contributed by atoms with Gasteiger partial charge in [0.25, 0.3) is 5.91 Å². The molecule has 1 spiro atoms. The highest BCUT2D eigenvalue weighted by atomic mass is 16.5. The number of hydrogen-bond acceptors (Lipinski definition) is 4. The summed E-state index contributed by atoms with van der Waals surface area (Å²) >= 11 is 0. The lowest BCUT2D eigenvalue weighted by Crippen LogP contribution is -2.58. The highest BCUT2D eigenvalue weighted by Gasteiger charge is 2.42. The van der Waals surface area contributed by atoms with Crippen LogP contribution in [0.1, 0.15) is 23.3 Å². The molecule has 0 atom stereocenters. The summed E-state index contributed by atoms with van der Waals surface area (Å²) in [5.41, 5.74) is -0.458. The zero-order valence-corrected chi connectivity index (χ0v) is 11.8. The molecule has 8 heteroatoms. The largest absolute Gasteiger partial charge is 0.363 e. The summed E-state index contributed by atoms with van der Waals surface area (Å²) in [6.45, 7) is 1.77. The van der Waals surface area contributed by atoms with E-state index in [1.165, 1.54) is 6.20 Å². The lowest BCUT2D eigenvalue weighted by atomic mass is 9.89. The van der Waals surface area contributed by atoms with E-state index >= 15 is 0 Å². The number of amides is 2. The van der Waals surface area contributed by atoms with Gasteiger partial charge in [0.2, 0.25) is 5.91 Å². The number of H-pyrrole nitrogens is 2. The highest BCUT2D eigenvalue weighted by molar-refractivity contribution is 5.92. The van der Waals surface area contributed by atoms with E-state index in [4.69, 9.17) is 4.74 Å². The number of ether oxygens (including phenoxy) is 1. The smallest absolute Gasteiger partial charge is 0.323 e. The number of hydrogen-bond donors (Lipinski definition) is 2. The maximum atomic E-state index is 12.2. The van der Waals surface area contributed by atoms with E-state index < -0.39 is 0 Å². The molecule has 8 nitrogen and oxygen atoms in total. The summed E-state index contributed by atoms with van der Waals surface area (Å²) in [6.07, 6.45) is 2.76. The predicted octanol–water partition coefficient (Wildman–Crippen LogP) is -0.834. The van der Waals surface area contributed by atoms with Gasteiger partial charge in [-0.15, -0.1) is 0 Å². The van der Waals surface area contributed by atoms with Crippen molar-refractivity contribution in [3.8, 4) is 0 Å². The number of carbonyl (C=O) groups is 2. The molecule has 2 aliphatic heterocycles. The number of aromatic nitrogens is 2. The van der Waals surface area contributed by atoms with Crippen LogP contribution in [-0.2, 0) is 9.53 Å². The molecule has 3 heterocycles. The first-order valence-corrected chi connectivity index (χ1v) is 6.94. The lowest BCUT2D eigenvalue weighted by molar-refractivity contribution is -0.167. The minimum atomic E-state index is -0.386. The van der Waals surface area contributed by atoms with Crippen LogP contribution in [0.3, 0.4) is 0 Å². The number of piperidine rings is 1. The van der Waals surface area contributed by atoms with Gasteiger partial charge in [-0.25, -0.2) is 4.79 Å². The summed E-state index contributed by atoms with van der Waals surface area (Å²) < 4.78 is 5.73. The molecule has 1 aromatic heterocycles. The second-order valence-electron chi connectivity index (χ2n) is 5.67. The van der Waals surface area contributed by atoms with Crippen LogP contribution in [0.25, 0.3) is 0 Å². The van der Waals surface area contributed by atoms with Crippen LogP contribution in [0.15, 0.2) is 11.0 Å². The Kier molecular flexibility index (Phi) is 3.32. The number of rotatable bonds is 1. The number of likely N-dealkylation sites (tertiary alicyclic amines) is 1. The van der Waals surface area contributed by atoms with Crippen molar-refractivity contribution in [3.05, 3.63) is 22.4 Å². The summed E-state index contributed by atoms with van der Waals surface area (Å²) in [4.78, 5) is 43.0. The van der Waals surface area contributed by atoms with Crippen molar-refractivity contribution in [2.75, 3.05) is 33.3 Å². The quantitative estimate of drug-likeness (QED) is 0.706. The molecule has 0 bridgehead atoms. The molecule has 0 aliphatic carbocycles. The molecule has 2 N–H and O–H groups in total. The molecule has 0 aromatic carbocycles. The van der Waals surface area contributed by atoms with Gasteiger partial charge in [-0.05, 0) is 12.8 Å². The molecule has 2 amide bonds. The van der Waals surface area contributed by atoms with Gasteiger partial charge in [0.15, 0.2) is 0 Å². The SMILES string of the molecule is CN1CC2(CCN(C(=O)c3c[nH]c(=O)[nH]3)CC2)OCC1=O.